The second-order valence-electron chi connectivity index (χ2n) is 4.63. The Morgan fingerprint density at radius 2 is 2.05 bits per heavy atom. The first-order valence-electron chi connectivity index (χ1n) is 6.77. The van der Waals surface area contributed by atoms with E-state index in [4.69, 9.17) is 14.2 Å². The number of carboxylic acid groups (broad SMARTS) is 1. The molecule has 0 spiro atoms. The molecule has 1 aromatic rings. The highest BCUT2D eigenvalue weighted by Gasteiger charge is 2.15. The van der Waals surface area contributed by atoms with E-state index in [2.05, 4.69) is 10.1 Å². The van der Waals surface area contributed by atoms with Crippen LogP contribution in [0.4, 0.5) is 0 Å². The first kappa shape index (κ1) is 15.7. The van der Waals surface area contributed by atoms with Crippen molar-refractivity contribution in [2.24, 2.45) is 5.16 Å². The molecule has 0 saturated heterocycles. The molecule has 0 heterocycles. The summed E-state index contributed by atoms with van der Waals surface area (Å²) in [5, 5.41) is 12.9. The Hall–Kier alpha value is -1.73. The van der Waals surface area contributed by atoms with E-state index in [1.165, 1.54) is 43.4 Å². The van der Waals surface area contributed by atoms with Crippen LogP contribution in [0.1, 0.15) is 42.5 Å². The number of hydrogen-bond donors (Lipinski definition) is 1. The lowest BCUT2D eigenvalue weighted by atomic mass is 10.0. The van der Waals surface area contributed by atoms with Crippen molar-refractivity contribution in [3.05, 3.63) is 29.8 Å². The summed E-state index contributed by atoms with van der Waals surface area (Å²) in [5.41, 5.74) is 0.0569. The van der Waals surface area contributed by atoms with Gasteiger partial charge in [-0.25, -0.2) is 9.78 Å². The zero-order valence-electron chi connectivity index (χ0n) is 11.4. The van der Waals surface area contributed by atoms with Gasteiger partial charge in [-0.05, 0) is 30.1 Å². The fourth-order valence-corrected chi connectivity index (χ4v) is 2.80. The lowest BCUT2D eigenvalue weighted by Gasteiger charge is -2.18. The zero-order chi connectivity index (χ0) is 14.9. The van der Waals surface area contributed by atoms with Gasteiger partial charge in [0.05, 0.1) is 12.0 Å². The molecule has 1 aliphatic rings. The Bertz CT molecular complexity index is 488. The van der Waals surface area contributed by atoms with Crippen LogP contribution in [-0.4, -0.2) is 22.7 Å². The molecule has 1 saturated carbocycles. The minimum Gasteiger partial charge on any atom is -0.478 e. The summed E-state index contributed by atoms with van der Waals surface area (Å²) in [4.78, 5) is 15.6. The molecular formula is C14H17NO5S. The van der Waals surface area contributed by atoms with Crippen LogP contribution >= 0.6 is 12.0 Å². The molecular weight excluding hydrogens is 294 g/mol. The molecule has 1 aromatic carbocycles. The van der Waals surface area contributed by atoms with Gasteiger partial charge in [0.2, 0.25) is 6.40 Å². The molecule has 0 amide bonds. The second-order valence-corrected chi connectivity index (χ2v) is 5.62. The molecule has 114 valence electrons. The van der Waals surface area contributed by atoms with Crippen LogP contribution in [0, 0.1) is 0 Å². The van der Waals surface area contributed by atoms with Crippen LogP contribution in [0.3, 0.4) is 0 Å². The quantitative estimate of drug-likeness (QED) is 0.207. The van der Waals surface area contributed by atoms with E-state index in [1.54, 1.807) is 12.1 Å². The summed E-state index contributed by atoms with van der Waals surface area (Å²) in [6.45, 7) is 0. The van der Waals surface area contributed by atoms with Crippen LogP contribution in [0.15, 0.2) is 29.4 Å². The molecule has 21 heavy (non-hydrogen) atoms. The van der Waals surface area contributed by atoms with E-state index < -0.39 is 5.97 Å². The van der Waals surface area contributed by atoms with Gasteiger partial charge in [-0.2, -0.15) is 0 Å². The average Bonchev–Trinajstić information content (AvgIpc) is 2.52. The van der Waals surface area contributed by atoms with Crippen molar-refractivity contribution >= 4 is 24.4 Å². The molecule has 7 heteroatoms. The standard InChI is InChI=1S/C14H17NO5S/c16-14(17)12-8-4-5-9-13(12)18-10-15-19-20-21-11-6-2-1-3-7-11/h4-5,8-11H,1-3,6-7H2,(H,16,17)/b15-10+. The van der Waals surface area contributed by atoms with Crippen molar-refractivity contribution in [3.63, 3.8) is 0 Å². The fraction of sp³-hybridized carbons (Fsp3) is 0.429. The number of carboxylic acids is 1. The first-order valence-corrected chi connectivity index (χ1v) is 7.58. The Balaban J connectivity index is 1.69. The Labute approximate surface area is 127 Å². The molecule has 1 N–H and O–H groups in total. The monoisotopic (exact) mass is 311 g/mol. The molecule has 0 atom stereocenters. The van der Waals surface area contributed by atoms with Crippen molar-refractivity contribution in [1.29, 1.82) is 0 Å². The number of ether oxygens (including phenoxy) is 1. The SMILES string of the molecule is O=C(O)c1ccccc1O/C=N/OOSC1CCCCC1. The minimum absolute atomic E-state index is 0.0569. The van der Waals surface area contributed by atoms with E-state index in [-0.39, 0.29) is 11.3 Å². The Morgan fingerprint density at radius 3 is 2.81 bits per heavy atom. The summed E-state index contributed by atoms with van der Waals surface area (Å²) in [6, 6.07) is 6.27. The molecule has 0 aliphatic heterocycles. The highest BCUT2D eigenvalue weighted by atomic mass is 32.2. The summed E-state index contributed by atoms with van der Waals surface area (Å²) < 4.78 is 10.0. The maximum Gasteiger partial charge on any atom is 0.339 e. The first-order chi connectivity index (χ1) is 10.3. The van der Waals surface area contributed by atoms with Crippen molar-refractivity contribution in [2.75, 3.05) is 0 Å². The second kappa shape index (κ2) is 8.53. The lowest BCUT2D eigenvalue weighted by molar-refractivity contribution is -0.191. The average molecular weight is 311 g/mol. The van der Waals surface area contributed by atoms with Crippen molar-refractivity contribution in [2.45, 2.75) is 37.4 Å². The molecule has 0 aromatic heterocycles. The molecule has 1 aliphatic carbocycles. The van der Waals surface area contributed by atoms with E-state index in [0.717, 1.165) is 19.2 Å². The van der Waals surface area contributed by atoms with Crippen molar-refractivity contribution < 1.29 is 24.0 Å². The van der Waals surface area contributed by atoms with Gasteiger partial charge in [-0.1, -0.05) is 35.7 Å². The van der Waals surface area contributed by atoms with Gasteiger partial charge in [0.25, 0.3) is 0 Å². The number of benzene rings is 1. The van der Waals surface area contributed by atoms with Gasteiger partial charge in [-0.15, -0.1) is 0 Å². The van der Waals surface area contributed by atoms with Gasteiger partial charge in [0.1, 0.15) is 11.3 Å². The number of hydrogen-bond acceptors (Lipinski definition) is 6. The third-order valence-electron chi connectivity index (χ3n) is 3.14. The molecule has 0 unspecified atom stereocenters. The summed E-state index contributed by atoms with van der Waals surface area (Å²) in [5.74, 6) is -0.874. The number of oxime groups is 1. The maximum absolute atomic E-state index is 10.9. The van der Waals surface area contributed by atoms with E-state index >= 15 is 0 Å². The number of nitrogens with zero attached hydrogens (tertiary/aromatic N) is 1. The predicted octanol–water partition coefficient (Wildman–Crippen LogP) is 3.64. The topological polar surface area (TPSA) is 77.4 Å². The van der Waals surface area contributed by atoms with Crippen LogP contribution in [0.5, 0.6) is 5.75 Å². The number of carbonyl (C=O) groups is 1. The maximum atomic E-state index is 10.9. The summed E-state index contributed by atoms with van der Waals surface area (Å²) >= 11 is 1.27. The van der Waals surface area contributed by atoms with Crippen LogP contribution < -0.4 is 4.74 Å². The normalized spacial score (nSPS) is 16.0. The zero-order valence-corrected chi connectivity index (χ0v) is 12.3. The molecule has 0 bridgehead atoms. The van der Waals surface area contributed by atoms with Crippen LogP contribution in [0.25, 0.3) is 0 Å². The van der Waals surface area contributed by atoms with Crippen LogP contribution in [0.2, 0.25) is 0 Å². The largest absolute Gasteiger partial charge is 0.478 e. The Kier molecular flexibility index (Phi) is 6.36. The van der Waals surface area contributed by atoms with Gasteiger partial charge in [0.15, 0.2) is 0 Å². The molecule has 2 rings (SSSR count). The molecule has 6 nitrogen and oxygen atoms in total. The summed E-state index contributed by atoms with van der Waals surface area (Å²) in [7, 11) is 0. The summed E-state index contributed by atoms with van der Waals surface area (Å²) in [6.07, 6.45) is 6.98. The van der Waals surface area contributed by atoms with Crippen LogP contribution in [-0.2, 0) is 9.32 Å². The number of para-hydroxylation sites is 1. The predicted molar refractivity (Wildman–Crippen MR) is 79.2 cm³/mol. The smallest absolute Gasteiger partial charge is 0.339 e. The minimum atomic E-state index is -1.07. The molecule has 0 radical (unpaired) electrons. The fourth-order valence-electron chi connectivity index (χ4n) is 2.09. The lowest BCUT2D eigenvalue weighted by Crippen LogP contribution is -2.08. The van der Waals surface area contributed by atoms with E-state index in [0.29, 0.717) is 5.25 Å². The Morgan fingerprint density at radius 1 is 1.29 bits per heavy atom. The third kappa shape index (κ3) is 5.28. The highest BCUT2D eigenvalue weighted by Crippen LogP contribution is 2.28. The van der Waals surface area contributed by atoms with Crippen molar-refractivity contribution in [3.8, 4) is 5.75 Å². The van der Waals surface area contributed by atoms with E-state index in [9.17, 15) is 4.79 Å². The van der Waals surface area contributed by atoms with Crippen molar-refractivity contribution in [1.82, 2.24) is 0 Å². The van der Waals surface area contributed by atoms with Gasteiger partial charge in [0, 0.05) is 5.25 Å². The van der Waals surface area contributed by atoms with Gasteiger partial charge in [-0.3, -0.25) is 0 Å². The van der Waals surface area contributed by atoms with Gasteiger partial charge < -0.3 is 9.84 Å². The highest BCUT2D eigenvalue weighted by molar-refractivity contribution is 7.95. The third-order valence-corrected chi connectivity index (χ3v) is 4.02. The number of aromatic carboxylic acids is 1. The molecule has 1 fully saturated rings. The van der Waals surface area contributed by atoms with E-state index in [1.807, 2.05) is 0 Å². The van der Waals surface area contributed by atoms with Gasteiger partial charge >= 0.3 is 5.97 Å². The number of rotatable bonds is 7.